The molecule has 0 amide bonds. The Morgan fingerprint density at radius 1 is 1.58 bits per heavy atom. The molecule has 0 bridgehead atoms. The maximum atomic E-state index is 11.4. The van der Waals surface area contributed by atoms with Crippen molar-refractivity contribution in [3.63, 3.8) is 0 Å². The molecule has 19 heavy (non-hydrogen) atoms. The molecule has 1 aromatic heterocycles. The summed E-state index contributed by atoms with van der Waals surface area (Å²) < 4.78 is 22.9. The molecule has 1 rings (SSSR count). The first-order valence-corrected chi connectivity index (χ1v) is 7.72. The lowest BCUT2D eigenvalue weighted by atomic mass is 10.3. The van der Waals surface area contributed by atoms with E-state index in [0.29, 0.717) is 0 Å². The lowest BCUT2D eigenvalue weighted by molar-refractivity contribution is -0.385. The van der Waals surface area contributed by atoms with Crippen molar-refractivity contribution in [3.8, 4) is 0 Å². The quantitative estimate of drug-likeness (QED) is 0.636. The zero-order valence-corrected chi connectivity index (χ0v) is 12.0. The fourth-order valence-electron chi connectivity index (χ4n) is 1.41. The van der Waals surface area contributed by atoms with E-state index in [1.54, 1.807) is 13.8 Å². The predicted octanol–water partition coefficient (Wildman–Crippen LogP) is 1.88. The SMILES string of the molecule is CCS(=O)(=O)CC(C)Nc1ncc([N+](=O)[O-])cc1Cl. The number of hydrogen-bond donors (Lipinski definition) is 1. The number of aromatic nitrogens is 1. The summed E-state index contributed by atoms with van der Waals surface area (Å²) in [6, 6.07) is 0.772. The summed E-state index contributed by atoms with van der Waals surface area (Å²) in [6.45, 7) is 3.24. The normalized spacial score (nSPS) is 13.0. The first kappa shape index (κ1) is 15.6. The van der Waals surface area contributed by atoms with Crippen LogP contribution in [0.5, 0.6) is 0 Å². The maximum absolute atomic E-state index is 11.4. The molecule has 0 spiro atoms. The van der Waals surface area contributed by atoms with Crippen molar-refractivity contribution in [1.29, 1.82) is 0 Å². The van der Waals surface area contributed by atoms with E-state index in [4.69, 9.17) is 11.6 Å². The van der Waals surface area contributed by atoms with Gasteiger partial charge in [-0.05, 0) is 6.92 Å². The summed E-state index contributed by atoms with van der Waals surface area (Å²) in [6.07, 6.45) is 1.06. The molecule has 1 heterocycles. The largest absolute Gasteiger partial charge is 0.365 e. The van der Waals surface area contributed by atoms with Gasteiger partial charge in [0.05, 0.1) is 15.7 Å². The number of pyridine rings is 1. The summed E-state index contributed by atoms with van der Waals surface area (Å²) in [7, 11) is -3.11. The smallest absolute Gasteiger partial charge is 0.289 e. The number of sulfone groups is 1. The van der Waals surface area contributed by atoms with Crippen LogP contribution in [0.25, 0.3) is 0 Å². The molecular weight excluding hydrogens is 294 g/mol. The van der Waals surface area contributed by atoms with Crippen LogP contribution in [0.2, 0.25) is 5.02 Å². The van der Waals surface area contributed by atoms with Gasteiger partial charge in [-0.3, -0.25) is 10.1 Å². The molecule has 0 radical (unpaired) electrons. The molecule has 106 valence electrons. The van der Waals surface area contributed by atoms with Crippen LogP contribution in [0.3, 0.4) is 0 Å². The molecule has 7 nitrogen and oxygen atoms in total. The summed E-state index contributed by atoms with van der Waals surface area (Å²) in [5.74, 6) is 0.227. The van der Waals surface area contributed by atoms with Gasteiger partial charge in [0.15, 0.2) is 9.84 Å². The van der Waals surface area contributed by atoms with Crippen LogP contribution >= 0.6 is 11.6 Å². The van der Waals surface area contributed by atoms with E-state index in [1.807, 2.05) is 0 Å². The zero-order chi connectivity index (χ0) is 14.6. The van der Waals surface area contributed by atoms with E-state index in [9.17, 15) is 18.5 Å². The third-order valence-corrected chi connectivity index (χ3v) is 4.54. The second-order valence-corrected chi connectivity index (χ2v) is 6.83. The zero-order valence-electron chi connectivity index (χ0n) is 10.5. The fraction of sp³-hybridized carbons (Fsp3) is 0.500. The monoisotopic (exact) mass is 307 g/mol. The van der Waals surface area contributed by atoms with Crippen LogP contribution in [0, 0.1) is 10.1 Å². The second-order valence-electron chi connectivity index (χ2n) is 4.03. The van der Waals surface area contributed by atoms with Gasteiger partial charge < -0.3 is 5.32 Å². The molecule has 1 N–H and O–H groups in total. The maximum Gasteiger partial charge on any atom is 0.289 e. The first-order valence-electron chi connectivity index (χ1n) is 5.52. The lowest BCUT2D eigenvalue weighted by Gasteiger charge is -2.14. The summed E-state index contributed by atoms with van der Waals surface area (Å²) in [4.78, 5) is 13.7. The molecule has 1 atom stereocenters. The van der Waals surface area contributed by atoms with Crippen LogP contribution < -0.4 is 5.32 Å². The topological polar surface area (TPSA) is 102 Å². The molecule has 0 saturated carbocycles. The average Bonchev–Trinajstić information content (AvgIpc) is 2.30. The Morgan fingerprint density at radius 2 is 2.21 bits per heavy atom. The number of anilines is 1. The Bertz CT molecular complexity index is 576. The highest BCUT2D eigenvalue weighted by Crippen LogP contribution is 2.24. The number of halogens is 1. The highest BCUT2D eigenvalue weighted by molar-refractivity contribution is 7.91. The van der Waals surface area contributed by atoms with E-state index in [2.05, 4.69) is 10.3 Å². The number of nitro groups is 1. The van der Waals surface area contributed by atoms with Crippen molar-refractivity contribution < 1.29 is 13.3 Å². The third kappa shape index (κ3) is 4.64. The van der Waals surface area contributed by atoms with Crippen molar-refractivity contribution in [2.45, 2.75) is 19.9 Å². The van der Waals surface area contributed by atoms with Gasteiger partial charge in [-0.15, -0.1) is 0 Å². The predicted molar refractivity (Wildman–Crippen MR) is 73.3 cm³/mol. The van der Waals surface area contributed by atoms with E-state index < -0.39 is 20.8 Å². The molecular formula is C10H14ClN3O4S. The van der Waals surface area contributed by atoms with E-state index >= 15 is 0 Å². The molecule has 0 aromatic carbocycles. The Hall–Kier alpha value is -1.41. The Kier molecular flexibility index (Phi) is 5.07. The number of hydrogen-bond acceptors (Lipinski definition) is 6. The van der Waals surface area contributed by atoms with E-state index in [1.165, 1.54) is 0 Å². The minimum Gasteiger partial charge on any atom is -0.365 e. The summed E-state index contributed by atoms with van der Waals surface area (Å²) in [5.41, 5.74) is -0.218. The van der Waals surface area contributed by atoms with Crippen LogP contribution in [0.1, 0.15) is 13.8 Å². The fourth-order valence-corrected chi connectivity index (χ4v) is 2.70. The number of nitrogens with one attached hydrogen (secondary N) is 1. The molecule has 1 unspecified atom stereocenters. The molecule has 1 aromatic rings. The Balaban J connectivity index is 2.80. The number of nitrogens with zero attached hydrogens (tertiary/aromatic N) is 2. The highest BCUT2D eigenvalue weighted by Gasteiger charge is 2.16. The van der Waals surface area contributed by atoms with E-state index in [0.717, 1.165) is 12.3 Å². The van der Waals surface area contributed by atoms with Crippen molar-refractivity contribution in [2.24, 2.45) is 0 Å². The minimum absolute atomic E-state index is 0.0560. The van der Waals surface area contributed by atoms with Crippen molar-refractivity contribution >= 4 is 32.9 Å². The van der Waals surface area contributed by atoms with Crippen molar-refractivity contribution in [1.82, 2.24) is 4.98 Å². The summed E-state index contributed by atoms with van der Waals surface area (Å²) >= 11 is 5.84. The van der Waals surface area contributed by atoms with Crippen molar-refractivity contribution in [3.05, 3.63) is 27.4 Å². The van der Waals surface area contributed by atoms with E-state index in [-0.39, 0.29) is 28.0 Å². The first-order chi connectivity index (χ1) is 8.75. The average molecular weight is 308 g/mol. The molecule has 0 saturated heterocycles. The Labute approximate surface area is 116 Å². The van der Waals surface area contributed by atoms with Gasteiger partial charge in [-0.2, -0.15) is 0 Å². The van der Waals surface area contributed by atoms with Gasteiger partial charge in [0, 0.05) is 17.9 Å². The highest BCUT2D eigenvalue weighted by atomic mass is 35.5. The van der Waals surface area contributed by atoms with Gasteiger partial charge >= 0.3 is 0 Å². The Morgan fingerprint density at radius 3 is 2.68 bits per heavy atom. The molecule has 0 aliphatic heterocycles. The van der Waals surface area contributed by atoms with Gasteiger partial charge in [0.2, 0.25) is 0 Å². The van der Waals surface area contributed by atoms with Crippen LogP contribution in [0.15, 0.2) is 12.3 Å². The van der Waals surface area contributed by atoms with Gasteiger partial charge in [0.25, 0.3) is 5.69 Å². The van der Waals surface area contributed by atoms with Gasteiger partial charge in [0.1, 0.15) is 12.0 Å². The lowest BCUT2D eigenvalue weighted by Crippen LogP contribution is -2.27. The van der Waals surface area contributed by atoms with Gasteiger partial charge in [-0.1, -0.05) is 18.5 Å². The minimum atomic E-state index is -3.11. The third-order valence-electron chi connectivity index (χ3n) is 2.36. The molecule has 0 aliphatic rings. The molecule has 0 aliphatic carbocycles. The van der Waals surface area contributed by atoms with Gasteiger partial charge in [-0.25, -0.2) is 13.4 Å². The van der Waals surface area contributed by atoms with Crippen molar-refractivity contribution in [2.75, 3.05) is 16.8 Å². The summed E-state index contributed by atoms with van der Waals surface area (Å²) in [5, 5.41) is 13.4. The van der Waals surface area contributed by atoms with Crippen LogP contribution in [-0.2, 0) is 9.84 Å². The second kappa shape index (κ2) is 6.16. The molecule has 9 heteroatoms. The van der Waals surface area contributed by atoms with Crippen LogP contribution in [-0.4, -0.2) is 35.9 Å². The standard InChI is InChI=1S/C10H14ClN3O4S/c1-3-19(17,18)6-7(2)13-10-9(11)4-8(5-12-10)14(15)16/h4-5,7H,3,6H2,1-2H3,(H,12,13). The molecule has 0 fully saturated rings. The van der Waals surface area contributed by atoms with Crippen LogP contribution in [0.4, 0.5) is 11.5 Å². The number of rotatable bonds is 6.